The summed E-state index contributed by atoms with van der Waals surface area (Å²) in [6.45, 7) is 1.09. The molecule has 0 spiro atoms. The van der Waals surface area contributed by atoms with Gasteiger partial charge in [-0.1, -0.05) is 32.0 Å². The first-order valence-electron chi connectivity index (χ1n) is 10.0. The number of benzene rings is 2. The number of para-hydroxylation sites is 1. The van der Waals surface area contributed by atoms with Crippen molar-refractivity contribution in [1.82, 2.24) is 0 Å². The highest BCUT2D eigenvalue weighted by molar-refractivity contribution is 6.06. The van der Waals surface area contributed by atoms with Gasteiger partial charge in [0.1, 0.15) is 18.2 Å². The van der Waals surface area contributed by atoms with Crippen LogP contribution in [0, 0.1) is 6.92 Å². The Balaban J connectivity index is 1.86. The lowest BCUT2D eigenvalue weighted by molar-refractivity contribution is -0.660. The van der Waals surface area contributed by atoms with E-state index in [9.17, 15) is 0 Å². The van der Waals surface area contributed by atoms with Crippen molar-refractivity contribution in [2.24, 2.45) is 7.05 Å². The summed E-state index contributed by atoms with van der Waals surface area (Å²) in [6.07, 6.45) is 1.73. The number of rotatable bonds is 2. The van der Waals surface area contributed by atoms with Crippen LogP contribution in [-0.4, -0.2) is 0 Å². The van der Waals surface area contributed by atoms with E-state index < -0.39 is 12.7 Å². The van der Waals surface area contributed by atoms with Gasteiger partial charge in [-0.05, 0) is 42.6 Å². The zero-order valence-electron chi connectivity index (χ0n) is 18.1. The second-order valence-corrected chi connectivity index (χ2v) is 6.30. The summed E-state index contributed by atoms with van der Waals surface area (Å²) in [7, 11) is 1.87. The zero-order chi connectivity index (χ0) is 20.3. The normalized spacial score (nSPS) is 17.1. The van der Waals surface area contributed by atoms with E-state index in [-0.39, 0.29) is 0 Å². The Morgan fingerprint density at radius 2 is 1.92 bits per heavy atom. The third-order valence-electron chi connectivity index (χ3n) is 4.57. The van der Waals surface area contributed by atoms with Gasteiger partial charge < -0.3 is 4.42 Å². The number of pyridine rings is 1. The van der Waals surface area contributed by atoms with Gasteiger partial charge in [0.15, 0.2) is 6.20 Å². The monoisotopic (exact) mass is 320 g/mol. The molecule has 1 atom stereocenters. The van der Waals surface area contributed by atoms with Crippen molar-refractivity contribution in [3.63, 3.8) is 0 Å². The van der Waals surface area contributed by atoms with E-state index in [0.717, 1.165) is 38.8 Å². The molecule has 0 saturated carbocycles. The predicted molar refractivity (Wildman–Crippen MR) is 99.2 cm³/mol. The lowest BCUT2D eigenvalue weighted by atomic mass is 9.99. The first kappa shape index (κ1) is 11.0. The molecule has 0 saturated heterocycles. The maximum atomic E-state index is 8.31. The number of nitrogens with zero attached hydrogens (tertiary/aromatic N) is 1. The van der Waals surface area contributed by atoms with E-state index in [0.29, 0.717) is 5.56 Å². The molecule has 0 N–H and O–H groups in total. The molecule has 2 heteroatoms. The quantitative estimate of drug-likeness (QED) is 0.445. The van der Waals surface area contributed by atoms with Gasteiger partial charge in [0.05, 0.1) is 5.56 Å². The summed E-state index contributed by atoms with van der Waals surface area (Å²) < 4.78 is 39.2. The molecule has 2 aromatic heterocycles. The molecule has 0 radical (unpaired) electrons. The number of hydrogen-bond acceptors (Lipinski definition) is 1. The van der Waals surface area contributed by atoms with Crippen LogP contribution < -0.4 is 4.57 Å². The Kier molecular flexibility index (Phi) is 2.52. The van der Waals surface area contributed by atoms with Gasteiger partial charge in [-0.2, -0.15) is 0 Å². The van der Waals surface area contributed by atoms with Gasteiger partial charge in [0.25, 0.3) is 0 Å². The highest BCUT2D eigenvalue weighted by atomic mass is 16.3. The maximum absolute atomic E-state index is 8.31. The van der Waals surface area contributed by atoms with Gasteiger partial charge in [0, 0.05) is 27.9 Å². The summed E-state index contributed by atoms with van der Waals surface area (Å²) in [5, 5.41) is 2.17. The summed E-state index contributed by atoms with van der Waals surface area (Å²) in [5.41, 5.74) is 5.19. The second kappa shape index (κ2) is 5.48. The average molecular weight is 320 g/mol. The Morgan fingerprint density at radius 3 is 2.71 bits per heavy atom. The fourth-order valence-electron chi connectivity index (χ4n) is 3.26. The molecule has 4 aromatic rings. The Labute approximate surface area is 148 Å². The Bertz CT molecular complexity index is 1200. The lowest BCUT2D eigenvalue weighted by Gasteiger charge is -2.08. The van der Waals surface area contributed by atoms with Crippen LogP contribution in [0.4, 0.5) is 0 Å². The average Bonchev–Trinajstić information content (AvgIpc) is 2.98. The highest BCUT2D eigenvalue weighted by Gasteiger charge is 2.17. The Morgan fingerprint density at radius 1 is 1.08 bits per heavy atom. The predicted octanol–water partition coefficient (Wildman–Crippen LogP) is 5.51. The van der Waals surface area contributed by atoms with Crippen molar-refractivity contribution >= 4 is 21.9 Å². The van der Waals surface area contributed by atoms with Gasteiger partial charge in [0.2, 0.25) is 5.69 Å². The minimum absolute atomic E-state index is 0.459. The van der Waals surface area contributed by atoms with Crippen molar-refractivity contribution in [1.29, 1.82) is 0 Å². The van der Waals surface area contributed by atoms with Gasteiger partial charge in [-0.15, -0.1) is 0 Å². The van der Waals surface area contributed by atoms with Gasteiger partial charge >= 0.3 is 0 Å². The molecule has 120 valence electrons. The first-order valence-corrected chi connectivity index (χ1v) is 8.02. The molecular weight excluding hydrogens is 294 g/mol. The summed E-state index contributed by atoms with van der Waals surface area (Å²) in [6, 6.07) is 15.7. The van der Waals surface area contributed by atoms with Crippen molar-refractivity contribution < 1.29 is 14.5 Å². The van der Waals surface area contributed by atoms with E-state index in [4.69, 9.17) is 9.90 Å². The first-order chi connectivity index (χ1) is 13.1. The van der Waals surface area contributed by atoms with Crippen LogP contribution in [-0.2, 0) is 7.05 Å². The van der Waals surface area contributed by atoms with Crippen LogP contribution in [0.2, 0.25) is 0 Å². The standard InChI is InChI=1S/C22H22NO/c1-14(2)16-9-10-20(23(4)13-16)18-12-22-19(11-15(18)3)17-7-5-6-8-21(17)24-22/h5-14H,1-4H3/q+1/i1D3,14D. The smallest absolute Gasteiger partial charge is 0.212 e. The number of aromatic nitrogens is 1. The molecule has 4 rings (SSSR count). The molecule has 0 amide bonds. The zero-order valence-corrected chi connectivity index (χ0v) is 14.1. The van der Waals surface area contributed by atoms with Crippen LogP contribution in [0.15, 0.2) is 59.1 Å². The fourth-order valence-corrected chi connectivity index (χ4v) is 3.26. The molecule has 0 aliphatic heterocycles. The second-order valence-electron chi connectivity index (χ2n) is 6.30. The molecule has 0 fully saturated rings. The lowest BCUT2D eigenvalue weighted by Crippen LogP contribution is -2.31. The third kappa shape index (κ3) is 2.30. The molecule has 0 aliphatic rings. The summed E-state index contributed by atoms with van der Waals surface area (Å²) >= 11 is 0. The van der Waals surface area contributed by atoms with Crippen LogP contribution >= 0.6 is 0 Å². The SMILES string of the molecule is [2H]C([2H])([2H])C([2H])(C)c1ccc(-c2cc3oc4ccccc4c3cc2C)[n+](C)c1. The van der Waals surface area contributed by atoms with Crippen LogP contribution in [0.5, 0.6) is 0 Å². The van der Waals surface area contributed by atoms with Crippen LogP contribution in [0.1, 0.15) is 36.3 Å². The minimum atomic E-state index is -2.40. The molecule has 1 unspecified atom stereocenters. The molecular formula is C22H22NO+. The van der Waals surface area contributed by atoms with E-state index >= 15 is 0 Å². The highest BCUT2D eigenvalue weighted by Crippen LogP contribution is 2.33. The molecule has 0 aliphatic carbocycles. The van der Waals surface area contributed by atoms with Crippen LogP contribution in [0.3, 0.4) is 0 Å². The van der Waals surface area contributed by atoms with Crippen molar-refractivity contribution in [2.75, 3.05) is 0 Å². The topological polar surface area (TPSA) is 17.0 Å². The van der Waals surface area contributed by atoms with E-state index in [1.54, 1.807) is 12.3 Å². The summed E-state index contributed by atoms with van der Waals surface area (Å²) in [5.74, 6) is -1.67. The fraction of sp³-hybridized carbons (Fsp3) is 0.227. The number of furan rings is 1. The van der Waals surface area contributed by atoms with E-state index in [1.165, 1.54) is 6.92 Å². The third-order valence-corrected chi connectivity index (χ3v) is 4.57. The minimum Gasteiger partial charge on any atom is -0.456 e. The maximum Gasteiger partial charge on any atom is 0.212 e. The van der Waals surface area contributed by atoms with Gasteiger partial charge in [-0.3, -0.25) is 0 Å². The number of aryl methyl sites for hydroxylation is 2. The molecule has 2 aromatic carbocycles. The Hall–Kier alpha value is -2.61. The van der Waals surface area contributed by atoms with Crippen LogP contribution in [0.25, 0.3) is 33.2 Å². The number of hydrogen-bond donors (Lipinski definition) is 0. The molecule has 24 heavy (non-hydrogen) atoms. The van der Waals surface area contributed by atoms with E-state index in [2.05, 4.69) is 19.1 Å². The number of fused-ring (bicyclic) bond motifs is 3. The molecule has 2 nitrogen and oxygen atoms in total. The van der Waals surface area contributed by atoms with Crippen molar-refractivity contribution in [3.8, 4) is 11.3 Å². The van der Waals surface area contributed by atoms with Crippen molar-refractivity contribution in [3.05, 3.63) is 65.9 Å². The largest absolute Gasteiger partial charge is 0.456 e. The van der Waals surface area contributed by atoms with E-state index in [1.807, 2.05) is 41.9 Å². The van der Waals surface area contributed by atoms with Crippen molar-refractivity contribution in [2.45, 2.75) is 26.6 Å². The van der Waals surface area contributed by atoms with Gasteiger partial charge in [-0.25, -0.2) is 4.57 Å². The molecule has 0 bridgehead atoms. The summed E-state index contributed by atoms with van der Waals surface area (Å²) in [4.78, 5) is 0. The molecule has 2 heterocycles.